The summed E-state index contributed by atoms with van der Waals surface area (Å²) < 4.78 is 6.39. The molecule has 3 rings (SSSR count). The van der Waals surface area contributed by atoms with Crippen LogP contribution in [0.15, 0.2) is 46.1 Å². The molecule has 1 heteroatoms. The zero-order valence-electron chi connectivity index (χ0n) is 14.1. The van der Waals surface area contributed by atoms with Crippen LogP contribution in [0.2, 0.25) is 0 Å². The third kappa shape index (κ3) is 2.81. The molecule has 0 aromatic heterocycles. The molecule has 0 spiro atoms. The van der Waals surface area contributed by atoms with Gasteiger partial charge in [-0.2, -0.15) is 0 Å². The van der Waals surface area contributed by atoms with Crippen molar-refractivity contribution in [1.82, 2.24) is 0 Å². The molecule has 3 aliphatic rings. The average molecular weight is 284 g/mol. The Kier molecular flexibility index (Phi) is 3.73. The molecule has 0 N–H and O–H groups in total. The second-order valence-corrected chi connectivity index (χ2v) is 7.78. The lowest BCUT2D eigenvalue weighted by atomic mass is 9.71. The van der Waals surface area contributed by atoms with Gasteiger partial charge in [0.05, 0.1) is 5.60 Å². The van der Waals surface area contributed by atoms with E-state index >= 15 is 0 Å². The fraction of sp³-hybridized carbons (Fsp3) is 0.600. The standard InChI is InChI=1S/C20H28O/c1-13(2)16-11-9-14-7-6-8-15-10-12-17(19(16)18(14)15)21-20(3,4)5/h8,10,12-13,17H,6-7,9,11H2,1-5H3. The van der Waals surface area contributed by atoms with Gasteiger partial charge in [-0.1, -0.05) is 43.2 Å². The number of hydrogen-bond acceptors (Lipinski definition) is 1. The van der Waals surface area contributed by atoms with Crippen LogP contribution in [0.1, 0.15) is 60.3 Å². The van der Waals surface area contributed by atoms with Gasteiger partial charge in [0, 0.05) is 0 Å². The van der Waals surface area contributed by atoms with Crippen LogP contribution in [-0.2, 0) is 4.74 Å². The summed E-state index contributed by atoms with van der Waals surface area (Å²) in [4.78, 5) is 0. The largest absolute Gasteiger partial charge is 0.364 e. The monoisotopic (exact) mass is 284 g/mol. The van der Waals surface area contributed by atoms with Crippen molar-refractivity contribution in [1.29, 1.82) is 0 Å². The highest BCUT2D eigenvalue weighted by Gasteiger charge is 2.34. The molecule has 0 fully saturated rings. The molecule has 1 nitrogen and oxygen atoms in total. The Labute approximate surface area is 129 Å². The number of allylic oxidation sites excluding steroid dienone is 5. The molecule has 0 amide bonds. The van der Waals surface area contributed by atoms with Gasteiger partial charge in [-0.15, -0.1) is 0 Å². The van der Waals surface area contributed by atoms with Crippen molar-refractivity contribution in [2.24, 2.45) is 5.92 Å². The van der Waals surface area contributed by atoms with E-state index in [1.807, 2.05) is 0 Å². The van der Waals surface area contributed by atoms with Crippen LogP contribution in [-0.4, -0.2) is 11.7 Å². The molecule has 0 aromatic rings. The fourth-order valence-corrected chi connectivity index (χ4v) is 3.85. The molecule has 0 saturated carbocycles. The Hall–Kier alpha value is -1.08. The fourth-order valence-electron chi connectivity index (χ4n) is 3.85. The minimum Gasteiger partial charge on any atom is -0.364 e. The van der Waals surface area contributed by atoms with Gasteiger partial charge in [0.1, 0.15) is 6.10 Å². The summed E-state index contributed by atoms with van der Waals surface area (Å²) in [6.07, 6.45) is 12.0. The number of ether oxygens (including phenoxy) is 1. The van der Waals surface area contributed by atoms with Crippen molar-refractivity contribution < 1.29 is 4.74 Å². The predicted molar refractivity (Wildman–Crippen MR) is 89.2 cm³/mol. The highest BCUT2D eigenvalue weighted by Crippen LogP contribution is 2.46. The lowest BCUT2D eigenvalue weighted by Gasteiger charge is -2.39. The van der Waals surface area contributed by atoms with E-state index in [1.165, 1.54) is 42.4 Å². The van der Waals surface area contributed by atoms with Crippen molar-refractivity contribution in [3.63, 3.8) is 0 Å². The third-order valence-corrected chi connectivity index (χ3v) is 4.68. The maximum atomic E-state index is 6.39. The molecule has 1 unspecified atom stereocenters. The first-order chi connectivity index (χ1) is 9.87. The van der Waals surface area contributed by atoms with E-state index in [1.54, 1.807) is 11.1 Å². The molecular weight excluding hydrogens is 256 g/mol. The van der Waals surface area contributed by atoms with Gasteiger partial charge in [0.2, 0.25) is 0 Å². The molecule has 0 saturated heterocycles. The van der Waals surface area contributed by atoms with E-state index in [9.17, 15) is 0 Å². The maximum absolute atomic E-state index is 6.39. The lowest BCUT2D eigenvalue weighted by molar-refractivity contribution is -0.0229. The molecule has 21 heavy (non-hydrogen) atoms. The lowest BCUT2D eigenvalue weighted by Crippen LogP contribution is -2.32. The van der Waals surface area contributed by atoms with Crippen LogP contribution in [0, 0.1) is 5.92 Å². The Bertz CT molecular complexity index is 561. The Morgan fingerprint density at radius 2 is 1.90 bits per heavy atom. The molecular formula is C20H28O. The zero-order chi connectivity index (χ0) is 15.2. The molecule has 0 bridgehead atoms. The van der Waals surface area contributed by atoms with Gasteiger partial charge < -0.3 is 4.74 Å². The van der Waals surface area contributed by atoms with E-state index in [0.29, 0.717) is 5.92 Å². The molecule has 1 atom stereocenters. The summed E-state index contributed by atoms with van der Waals surface area (Å²) in [6, 6.07) is 0. The van der Waals surface area contributed by atoms with Gasteiger partial charge in [0.15, 0.2) is 0 Å². The Morgan fingerprint density at radius 1 is 1.14 bits per heavy atom. The normalized spacial score (nSPS) is 25.4. The van der Waals surface area contributed by atoms with Crippen molar-refractivity contribution in [3.8, 4) is 0 Å². The number of hydrogen-bond donors (Lipinski definition) is 0. The first-order valence-corrected chi connectivity index (χ1v) is 8.38. The van der Waals surface area contributed by atoms with Crippen LogP contribution in [0.25, 0.3) is 0 Å². The van der Waals surface area contributed by atoms with E-state index in [0.717, 1.165) is 0 Å². The molecule has 0 heterocycles. The predicted octanol–water partition coefficient (Wildman–Crippen LogP) is 5.50. The summed E-state index contributed by atoms with van der Waals surface area (Å²) in [5.41, 5.74) is 7.64. The van der Waals surface area contributed by atoms with Crippen molar-refractivity contribution >= 4 is 0 Å². The summed E-state index contributed by atoms with van der Waals surface area (Å²) in [6.45, 7) is 11.1. The third-order valence-electron chi connectivity index (χ3n) is 4.68. The van der Waals surface area contributed by atoms with Gasteiger partial charge >= 0.3 is 0 Å². The topological polar surface area (TPSA) is 9.23 Å². The Balaban J connectivity index is 2.12. The van der Waals surface area contributed by atoms with Crippen molar-refractivity contribution in [2.45, 2.75) is 72.0 Å². The Morgan fingerprint density at radius 3 is 2.57 bits per heavy atom. The average Bonchev–Trinajstić information content (AvgIpc) is 2.40. The molecule has 114 valence electrons. The van der Waals surface area contributed by atoms with Crippen LogP contribution >= 0.6 is 0 Å². The summed E-state index contributed by atoms with van der Waals surface area (Å²) >= 11 is 0. The highest BCUT2D eigenvalue weighted by atomic mass is 16.5. The van der Waals surface area contributed by atoms with E-state index in [-0.39, 0.29) is 11.7 Å². The first kappa shape index (κ1) is 14.8. The van der Waals surface area contributed by atoms with Crippen LogP contribution in [0.3, 0.4) is 0 Å². The SMILES string of the molecule is CC(C)C1=C2C3=C(CCC=C3C=CC2OC(C)(C)C)CC1. The molecule has 0 aliphatic heterocycles. The van der Waals surface area contributed by atoms with Gasteiger partial charge in [0.25, 0.3) is 0 Å². The first-order valence-electron chi connectivity index (χ1n) is 8.38. The molecule has 3 aliphatic carbocycles. The molecule has 0 aromatic carbocycles. The second kappa shape index (κ2) is 5.28. The molecule has 0 radical (unpaired) electrons. The van der Waals surface area contributed by atoms with Gasteiger partial charge in [-0.25, -0.2) is 0 Å². The van der Waals surface area contributed by atoms with Crippen LogP contribution < -0.4 is 0 Å². The maximum Gasteiger partial charge on any atom is 0.102 e. The van der Waals surface area contributed by atoms with Crippen molar-refractivity contribution in [2.75, 3.05) is 0 Å². The smallest absolute Gasteiger partial charge is 0.102 e. The van der Waals surface area contributed by atoms with Crippen molar-refractivity contribution in [3.05, 3.63) is 46.1 Å². The number of rotatable bonds is 2. The zero-order valence-corrected chi connectivity index (χ0v) is 14.1. The van der Waals surface area contributed by atoms with Crippen LogP contribution in [0.5, 0.6) is 0 Å². The summed E-state index contributed by atoms with van der Waals surface area (Å²) in [5.74, 6) is 0.606. The minimum atomic E-state index is -0.113. The van der Waals surface area contributed by atoms with Crippen LogP contribution in [0.4, 0.5) is 0 Å². The van der Waals surface area contributed by atoms with Gasteiger partial charge in [-0.05, 0) is 69.1 Å². The second-order valence-electron chi connectivity index (χ2n) is 7.78. The van der Waals surface area contributed by atoms with E-state index < -0.39 is 0 Å². The minimum absolute atomic E-state index is 0.113. The van der Waals surface area contributed by atoms with Gasteiger partial charge in [-0.3, -0.25) is 0 Å². The van der Waals surface area contributed by atoms with E-state index in [4.69, 9.17) is 4.74 Å². The summed E-state index contributed by atoms with van der Waals surface area (Å²) in [5, 5.41) is 0. The quantitative estimate of drug-likeness (QED) is 0.650. The van der Waals surface area contributed by atoms with E-state index in [2.05, 4.69) is 52.8 Å². The summed E-state index contributed by atoms with van der Waals surface area (Å²) in [7, 11) is 0. The highest BCUT2D eigenvalue weighted by molar-refractivity contribution is 5.64.